The number of halogens is 1. The Morgan fingerprint density at radius 1 is 1.33 bits per heavy atom. The molecule has 0 unspecified atom stereocenters. The van der Waals surface area contributed by atoms with E-state index in [1.807, 2.05) is 0 Å². The molecule has 0 amide bonds. The summed E-state index contributed by atoms with van der Waals surface area (Å²) >= 11 is 0. The van der Waals surface area contributed by atoms with Crippen LogP contribution in [0, 0.1) is 5.82 Å². The van der Waals surface area contributed by atoms with Crippen molar-refractivity contribution in [1.29, 1.82) is 0 Å². The van der Waals surface area contributed by atoms with E-state index in [1.165, 1.54) is 6.26 Å². The molecule has 21 heavy (non-hydrogen) atoms. The maximum atomic E-state index is 13.6. The number of furan rings is 1. The Morgan fingerprint density at radius 3 is 2.71 bits per heavy atom. The monoisotopic (exact) mass is 313 g/mol. The summed E-state index contributed by atoms with van der Waals surface area (Å²) < 4.78 is 44.8. The van der Waals surface area contributed by atoms with Gasteiger partial charge in [0.2, 0.25) is 10.0 Å². The molecule has 0 aliphatic rings. The number of benzene rings is 1. The van der Waals surface area contributed by atoms with Crippen molar-refractivity contribution in [3.63, 3.8) is 0 Å². The van der Waals surface area contributed by atoms with Gasteiger partial charge in [-0.25, -0.2) is 22.3 Å². The van der Waals surface area contributed by atoms with Crippen LogP contribution in [0.2, 0.25) is 0 Å². The van der Waals surface area contributed by atoms with E-state index in [0.717, 1.165) is 18.2 Å². The van der Waals surface area contributed by atoms with Crippen LogP contribution in [-0.4, -0.2) is 26.0 Å². The molecule has 0 saturated carbocycles. The van der Waals surface area contributed by atoms with Gasteiger partial charge in [0.05, 0.1) is 11.8 Å². The summed E-state index contributed by atoms with van der Waals surface area (Å²) in [4.78, 5) is 10.1. The van der Waals surface area contributed by atoms with Crippen molar-refractivity contribution in [2.45, 2.75) is 11.3 Å². The van der Waals surface area contributed by atoms with Crippen LogP contribution in [0.3, 0.4) is 0 Å². The summed E-state index contributed by atoms with van der Waals surface area (Å²) in [6.07, 6.45) is 1.76. The molecule has 0 aliphatic carbocycles. The maximum Gasteiger partial charge on any atom is 0.335 e. The van der Waals surface area contributed by atoms with Gasteiger partial charge in [-0.1, -0.05) is 0 Å². The van der Waals surface area contributed by atoms with E-state index in [2.05, 4.69) is 4.72 Å². The molecule has 2 N–H and O–H groups in total. The molecule has 2 rings (SSSR count). The van der Waals surface area contributed by atoms with E-state index in [4.69, 9.17) is 9.52 Å². The highest BCUT2D eigenvalue weighted by atomic mass is 32.2. The van der Waals surface area contributed by atoms with Crippen LogP contribution in [-0.2, 0) is 16.4 Å². The Hall–Kier alpha value is -2.19. The van der Waals surface area contributed by atoms with E-state index in [1.54, 1.807) is 12.1 Å². The van der Waals surface area contributed by atoms with Crippen LogP contribution < -0.4 is 4.72 Å². The van der Waals surface area contributed by atoms with Gasteiger partial charge in [-0.3, -0.25) is 0 Å². The molecule has 0 bridgehead atoms. The number of carboxylic acid groups (broad SMARTS) is 1. The minimum Gasteiger partial charge on any atom is -0.478 e. The number of hydrogen-bond acceptors (Lipinski definition) is 4. The molecule has 112 valence electrons. The molecule has 0 aliphatic heterocycles. The number of rotatable bonds is 6. The lowest BCUT2D eigenvalue weighted by atomic mass is 10.2. The highest BCUT2D eigenvalue weighted by Crippen LogP contribution is 2.16. The topological polar surface area (TPSA) is 96.6 Å². The summed E-state index contributed by atoms with van der Waals surface area (Å²) in [5.74, 6) is -1.76. The van der Waals surface area contributed by atoms with E-state index in [9.17, 15) is 17.6 Å². The number of carboxylic acids is 1. The van der Waals surface area contributed by atoms with Gasteiger partial charge in [0.15, 0.2) is 0 Å². The second kappa shape index (κ2) is 6.06. The van der Waals surface area contributed by atoms with E-state index < -0.39 is 26.7 Å². The second-order valence-electron chi connectivity index (χ2n) is 4.18. The largest absolute Gasteiger partial charge is 0.478 e. The predicted octanol–water partition coefficient (Wildman–Crippen LogP) is 1.64. The van der Waals surface area contributed by atoms with Crippen molar-refractivity contribution in [1.82, 2.24) is 4.72 Å². The number of sulfonamides is 1. The van der Waals surface area contributed by atoms with Crippen LogP contribution in [0.25, 0.3) is 0 Å². The lowest BCUT2D eigenvalue weighted by Crippen LogP contribution is -2.27. The quantitative estimate of drug-likeness (QED) is 0.845. The fraction of sp³-hybridized carbons (Fsp3) is 0.154. The first-order valence-electron chi connectivity index (χ1n) is 5.95. The third-order valence-corrected chi connectivity index (χ3v) is 4.19. The minimum absolute atomic E-state index is 0.00653. The lowest BCUT2D eigenvalue weighted by Gasteiger charge is -2.07. The van der Waals surface area contributed by atoms with Gasteiger partial charge in [0.25, 0.3) is 0 Å². The predicted molar refractivity (Wildman–Crippen MR) is 71.0 cm³/mol. The molecular weight excluding hydrogens is 301 g/mol. The molecule has 0 radical (unpaired) electrons. The highest BCUT2D eigenvalue weighted by molar-refractivity contribution is 7.89. The SMILES string of the molecule is O=C(O)c1ccc(F)c(S(=O)(=O)NCCc2ccco2)c1. The zero-order valence-corrected chi connectivity index (χ0v) is 11.6. The van der Waals surface area contributed by atoms with Crippen molar-refractivity contribution < 1.29 is 27.1 Å². The summed E-state index contributed by atoms with van der Waals surface area (Å²) in [7, 11) is -4.13. The van der Waals surface area contributed by atoms with Crippen LogP contribution in [0.5, 0.6) is 0 Å². The number of hydrogen-bond donors (Lipinski definition) is 2. The van der Waals surface area contributed by atoms with Gasteiger partial charge in [0, 0.05) is 13.0 Å². The van der Waals surface area contributed by atoms with Crippen LogP contribution in [0.15, 0.2) is 45.9 Å². The fourth-order valence-corrected chi connectivity index (χ4v) is 2.82. The standard InChI is InChI=1S/C13H12FNO5S/c14-11-4-3-9(13(16)17)8-12(11)21(18,19)15-6-5-10-2-1-7-20-10/h1-4,7-8,15H,5-6H2,(H,16,17). The van der Waals surface area contributed by atoms with Crippen LogP contribution >= 0.6 is 0 Å². The summed E-state index contributed by atoms with van der Waals surface area (Å²) in [6, 6.07) is 5.94. The number of carbonyl (C=O) groups is 1. The first-order chi connectivity index (χ1) is 9.90. The fourth-order valence-electron chi connectivity index (χ4n) is 1.68. The smallest absolute Gasteiger partial charge is 0.335 e. The third-order valence-electron chi connectivity index (χ3n) is 2.71. The van der Waals surface area contributed by atoms with E-state index >= 15 is 0 Å². The van der Waals surface area contributed by atoms with Crippen molar-refractivity contribution in [3.8, 4) is 0 Å². The van der Waals surface area contributed by atoms with Gasteiger partial charge in [0.1, 0.15) is 16.5 Å². The van der Waals surface area contributed by atoms with E-state index in [-0.39, 0.29) is 12.1 Å². The Kier molecular flexibility index (Phi) is 4.39. The molecule has 0 spiro atoms. The molecule has 0 fully saturated rings. The maximum absolute atomic E-state index is 13.6. The molecule has 8 heteroatoms. The lowest BCUT2D eigenvalue weighted by molar-refractivity contribution is 0.0696. The first-order valence-corrected chi connectivity index (χ1v) is 7.43. The first kappa shape index (κ1) is 15.2. The van der Waals surface area contributed by atoms with Gasteiger partial charge >= 0.3 is 5.97 Å². The average molecular weight is 313 g/mol. The second-order valence-corrected chi connectivity index (χ2v) is 5.91. The number of nitrogens with one attached hydrogen (secondary N) is 1. The van der Waals surface area contributed by atoms with Gasteiger partial charge < -0.3 is 9.52 Å². The number of aromatic carboxylic acids is 1. The molecule has 6 nitrogen and oxygen atoms in total. The highest BCUT2D eigenvalue weighted by Gasteiger charge is 2.20. The summed E-state index contributed by atoms with van der Waals surface area (Å²) in [5, 5.41) is 8.82. The normalized spacial score (nSPS) is 11.5. The van der Waals surface area contributed by atoms with Crippen LogP contribution in [0.1, 0.15) is 16.1 Å². The zero-order chi connectivity index (χ0) is 15.5. The van der Waals surface area contributed by atoms with E-state index in [0.29, 0.717) is 12.2 Å². The Bertz CT molecular complexity index is 740. The molecule has 0 atom stereocenters. The van der Waals surface area contributed by atoms with Gasteiger partial charge in [-0.15, -0.1) is 0 Å². The van der Waals surface area contributed by atoms with Gasteiger partial charge in [-0.05, 0) is 30.3 Å². The molecular formula is C13H12FNO5S. The van der Waals surface area contributed by atoms with Crippen molar-refractivity contribution in [2.24, 2.45) is 0 Å². The third kappa shape index (κ3) is 3.67. The molecule has 2 aromatic rings. The Balaban J connectivity index is 2.15. The van der Waals surface area contributed by atoms with Gasteiger partial charge in [-0.2, -0.15) is 0 Å². The summed E-state index contributed by atoms with van der Waals surface area (Å²) in [5.41, 5.74) is -0.303. The summed E-state index contributed by atoms with van der Waals surface area (Å²) in [6.45, 7) is 0.00653. The van der Waals surface area contributed by atoms with Crippen molar-refractivity contribution >= 4 is 16.0 Å². The average Bonchev–Trinajstić information content (AvgIpc) is 2.91. The molecule has 1 aromatic heterocycles. The molecule has 0 saturated heterocycles. The molecule has 1 aromatic carbocycles. The molecule has 1 heterocycles. The van der Waals surface area contributed by atoms with Crippen molar-refractivity contribution in [2.75, 3.05) is 6.54 Å². The van der Waals surface area contributed by atoms with Crippen molar-refractivity contribution in [3.05, 3.63) is 53.7 Å². The Morgan fingerprint density at radius 2 is 2.10 bits per heavy atom. The minimum atomic E-state index is -4.13. The Labute approximate surface area is 120 Å². The van der Waals surface area contributed by atoms with Crippen LogP contribution in [0.4, 0.5) is 4.39 Å². The zero-order valence-electron chi connectivity index (χ0n) is 10.7.